The van der Waals surface area contributed by atoms with Crippen LogP contribution >= 0.6 is 11.3 Å². The number of likely N-dealkylation sites (tertiary alicyclic amines) is 1. The third kappa shape index (κ3) is 2.85. The lowest BCUT2D eigenvalue weighted by atomic mass is 10.1. The first-order chi connectivity index (χ1) is 10.1. The molecule has 1 N–H and O–H groups in total. The Labute approximate surface area is 129 Å². The molecular weight excluding hydrogens is 282 g/mol. The summed E-state index contributed by atoms with van der Waals surface area (Å²) >= 11 is 1.70. The van der Waals surface area contributed by atoms with Crippen LogP contribution in [0, 0.1) is 0 Å². The number of carbonyl (C=O) groups is 1. The van der Waals surface area contributed by atoms with Gasteiger partial charge in [-0.3, -0.25) is 4.79 Å². The maximum absolute atomic E-state index is 12.6. The Kier molecular flexibility index (Phi) is 4.04. The smallest absolute Gasteiger partial charge is 0.268 e. The standard InChI is InChI=1S/C16H23N3OS/c1-11(2)19-13-6-9-21-15(13)10-14(19)16(20)17-12-4-7-18(3)8-5-12/h6,9-12H,4-5,7-8H2,1-3H3,(H,17,20). The Morgan fingerprint density at radius 2 is 2.10 bits per heavy atom. The number of aromatic nitrogens is 1. The SMILES string of the molecule is CC(C)n1c(C(=O)NC2CCN(C)CC2)cc2sccc21. The third-order valence-electron chi connectivity index (χ3n) is 4.26. The van der Waals surface area contributed by atoms with Crippen LogP contribution in [-0.2, 0) is 0 Å². The highest BCUT2D eigenvalue weighted by Crippen LogP contribution is 2.28. The van der Waals surface area contributed by atoms with E-state index in [9.17, 15) is 4.79 Å². The Bertz CT molecular complexity index is 635. The number of amides is 1. The van der Waals surface area contributed by atoms with Gasteiger partial charge in [0.15, 0.2) is 0 Å². The first-order valence-corrected chi connectivity index (χ1v) is 8.52. The number of carbonyl (C=O) groups excluding carboxylic acids is 1. The number of hydrogen-bond donors (Lipinski definition) is 1. The fourth-order valence-corrected chi connectivity index (χ4v) is 3.90. The number of rotatable bonds is 3. The molecular formula is C16H23N3OS. The summed E-state index contributed by atoms with van der Waals surface area (Å²) < 4.78 is 3.34. The molecule has 0 saturated carbocycles. The normalized spacial score (nSPS) is 17.7. The van der Waals surface area contributed by atoms with E-state index in [4.69, 9.17) is 0 Å². The number of fused-ring (bicyclic) bond motifs is 1. The zero-order valence-electron chi connectivity index (χ0n) is 12.9. The van der Waals surface area contributed by atoms with Gasteiger partial charge >= 0.3 is 0 Å². The van der Waals surface area contributed by atoms with Gasteiger partial charge in [0.25, 0.3) is 5.91 Å². The summed E-state index contributed by atoms with van der Waals surface area (Å²) in [6, 6.07) is 4.73. The van der Waals surface area contributed by atoms with Gasteiger partial charge in [-0.2, -0.15) is 0 Å². The summed E-state index contributed by atoms with van der Waals surface area (Å²) in [6.45, 7) is 6.38. The van der Waals surface area contributed by atoms with Crippen LogP contribution < -0.4 is 5.32 Å². The lowest BCUT2D eigenvalue weighted by Crippen LogP contribution is -2.43. The molecule has 1 aliphatic rings. The van der Waals surface area contributed by atoms with Crippen molar-refractivity contribution in [1.29, 1.82) is 0 Å². The number of nitrogens with one attached hydrogen (secondary N) is 1. The Morgan fingerprint density at radius 3 is 2.76 bits per heavy atom. The van der Waals surface area contributed by atoms with Crippen molar-refractivity contribution in [1.82, 2.24) is 14.8 Å². The van der Waals surface area contributed by atoms with Gasteiger partial charge in [-0.1, -0.05) is 0 Å². The van der Waals surface area contributed by atoms with E-state index in [2.05, 4.69) is 47.1 Å². The molecule has 114 valence electrons. The van der Waals surface area contributed by atoms with Crippen LogP contribution in [0.4, 0.5) is 0 Å². The molecule has 0 bridgehead atoms. The molecule has 5 heteroatoms. The van der Waals surface area contributed by atoms with Crippen LogP contribution in [0.25, 0.3) is 10.2 Å². The minimum Gasteiger partial charge on any atom is -0.348 e. The molecule has 2 aromatic rings. The van der Waals surface area contributed by atoms with Gasteiger partial charge in [0, 0.05) is 12.1 Å². The van der Waals surface area contributed by atoms with Crippen LogP contribution in [0.2, 0.25) is 0 Å². The lowest BCUT2D eigenvalue weighted by Gasteiger charge is -2.29. The van der Waals surface area contributed by atoms with Crippen molar-refractivity contribution >= 4 is 27.5 Å². The van der Waals surface area contributed by atoms with Crippen LogP contribution in [0.5, 0.6) is 0 Å². The molecule has 0 unspecified atom stereocenters. The molecule has 0 atom stereocenters. The predicted octanol–water partition coefficient (Wildman–Crippen LogP) is 3.11. The predicted molar refractivity (Wildman–Crippen MR) is 88.2 cm³/mol. The number of nitrogens with zero attached hydrogens (tertiary/aromatic N) is 2. The Balaban J connectivity index is 1.81. The summed E-state index contributed by atoms with van der Waals surface area (Å²) in [6.07, 6.45) is 2.08. The third-order valence-corrected chi connectivity index (χ3v) is 5.12. The van der Waals surface area contributed by atoms with Crippen LogP contribution in [0.3, 0.4) is 0 Å². The maximum atomic E-state index is 12.6. The Morgan fingerprint density at radius 1 is 1.38 bits per heavy atom. The van der Waals surface area contributed by atoms with Gasteiger partial charge < -0.3 is 14.8 Å². The van der Waals surface area contributed by atoms with Crippen molar-refractivity contribution in [3.05, 3.63) is 23.2 Å². The topological polar surface area (TPSA) is 37.3 Å². The average Bonchev–Trinajstić information content (AvgIpc) is 3.00. The molecule has 1 saturated heterocycles. The molecule has 2 aromatic heterocycles. The van der Waals surface area contributed by atoms with Crippen molar-refractivity contribution < 1.29 is 4.79 Å². The first-order valence-electron chi connectivity index (χ1n) is 7.64. The molecule has 1 amide bonds. The molecule has 0 aliphatic carbocycles. The molecule has 1 aliphatic heterocycles. The summed E-state index contributed by atoms with van der Waals surface area (Å²) in [7, 11) is 2.13. The van der Waals surface area contributed by atoms with Crippen LogP contribution in [0.15, 0.2) is 17.5 Å². The van der Waals surface area contributed by atoms with Gasteiger partial charge in [0.1, 0.15) is 5.69 Å². The highest BCUT2D eigenvalue weighted by Gasteiger charge is 2.22. The molecule has 4 nitrogen and oxygen atoms in total. The van der Waals surface area contributed by atoms with E-state index in [-0.39, 0.29) is 11.9 Å². The van der Waals surface area contributed by atoms with Crippen LogP contribution in [0.1, 0.15) is 43.2 Å². The minimum absolute atomic E-state index is 0.0710. The van der Waals surface area contributed by atoms with E-state index < -0.39 is 0 Å². The van der Waals surface area contributed by atoms with E-state index in [1.165, 1.54) is 10.2 Å². The molecule has 21 heavy (non-hydrogen) atoms. The minimum atomic E-state index is 0.0710. The lowest BCUT2D eigenvalue weighted by molar-refractivity contribution is 0.0906. The molecule has 0 spiro atoms. The monoisotopic (exact) mass is 305 g/mol. The van der Waals surface area contributed by atoms with Gasteiger partial charge in [0.2, 0.25) is 0 Å². The van der Waals surface area contributed by atoms with Crippen molar-refractivity contribution in [3.8, 4) is 0 Å². The number of thiophene rings is 1. The number of piperidine rings is 1. The highest BCUT2D eigenvalue weighted by atomic mass is 32.1. The second-order valence-electron chi connectivity index (χ2n) is 6.21. The zero-order chi connectivity index (χ0) is 15.0. The van der Waals surface area contributed by atoms with Gasteiger partial charge in [0.05, 0.1) is 10.2 Å². The van der Waals surface area contributed by atoms with Gasteiger partial charge in [-0.25, -0.2) is 0 Å². The van der Waals surface area contributed by atoms with Crippen LogP contribution in [-0.4, -0.2) is 41.6 Å². The van der Waals surface area contributed by atoms with E-state index in [1.807, 2.05) is 6.07 Å². The largest absolute Gasteiger partial charge is 0.348 e. The second-order valence-corrected chi connectivity index (χ2v) is 7.16. The zero-order valence-corrected chi connectivity index (χ0v) is 13.7. The quantitative estimate of drug-likeness (QED) is 0.946. The van der Waals surface area contributed by atoms with E-state index in [0.29, 0.717) is 6.04 Å². The second kappa shape index (κ2) is 5.81. The van der Waals surface area contributed by atoms with Crippen molar-refractivity contribution in [3.63, 3.8) is 0 Å². The summed E-state index contributed by atoms with van der Waals surface area (Å²) in [4.78, 5) is 15.0. The van der Waals surface area contributed by atoms with Crippen molar-refractivity contribution in [2.75, 3.05) is 20.1 Å². The highest BCUT2D eigenvalue weighted by molar-refractivity contribution is 7.17. The maximum Gasteiger partial charge on any atom is 0.268 e. The molecule has 1 fully saturated rings. The number of hydrogen-bond acceptors (Lipinski definition) is 3. The molecule has 3 rings (SSSR count). The van der Waals surface area contributed by atoms with Gasteiger partial charge in [-0.15, -0.1) is 11.3 Å². The fraction of sp³-hybridized carbons (Fsp3) is 0.562. The average molecular weight is 305 g/mol. The summed E-state index contributed by atoms with van der Waals surface area (Å²) in [5.41, 5.74) is 1.97. The van der Waals surface area contributed by atoms with Crippen molar-refractivity contribution in [2.45, 2.75) is 38.8 Å². The fourth-order valence-electron chi connectivity index (χ4n) is 3.09. The summed E-state index contributed by atoms with van der Waals surface area (Å²) in [5.74, 6) is 0.0710. The molecule has 0 radical (unpaired) electrons. The first kappa shape index (κ1) is 14.6. The summed E-state index contributed by atoms with van der Waals surface area (Å²) in [5, 5.41) is 5.31. The molecule has 3 heterocycles. The van der Waals surface area contributed by atoms with Gasteiger partial charge in [-0.05, 0) is 64.3 Å². The van der Waals surface area contributed by atoms with E-state index in [0.717, 1.165) is 31.6 Å². The van der Waals surface area contributed by atoms with E-state index >= 15 is 0 Å². The van der Waals surface area contributed by atoms with Crippen molar-refractivity contribution in [2.24, 2.45) is 0 Å². The Hall–Kier alpha value is -1.33. The van der Waals surface area contributed by atoms with E-state index in [1.54, 1.807) is 11.3 Å². The molecule has 0 aromatic carbocycles.